The second kappa shape index (κ2) is 17.3. The molecule has 8 nitrogen and oxygen atoms in total. The number of halogens is 1. The van der Waals surface area contributed by atoms with Crippen molar-refractivity contribution in [3.05, 3.63) is 153 Å². The summed E-state index contributed by atoms with van der Waals surface area (Å²) in [5, 5.41) is 16.5. The fourth-order valence-corrected chi connectivity index (χ4v) is 9.51. The summed E-state index contributed by atoms with van der Waals surface area (Å²) in [4.78, 5) is 34.2. The lowest BCUT2D eigenvalue weighted by atomic mass is 9.84. The predicted octanol–water partition coefficient (Wildman–Crippen LogP) is 7.46. The maximum absolute atomic E-state index is 15.4. The van der Waals surface area contributed by atoms with Crippen molar-refractivity contribution in [3.8, 4) is 0 Å². The van der Waals surface area contributed by atoms with Gasteiger partial charge in [-0.2, -0.15) is 0 Å². The zero-order valence-corrected chi connectivity index (χ0v) is 31.1. The minimum absolute atomic E-state index is 0.119. The summed E-state index contributed by atoms with van der Waals surface area (Å²) in [5.41, 5.74) is 3.91. The molecule has 4 aromatic carbocycles. The second-order valence-corrected chi connectivity index (χ2v) is 16.2. The highest BCUT2D eigenvalue weighted by atomic mass is 32.2. The molecule has 0 saturated heterocycles. The molecule has 0 aliphatic carbocycles. The molecule has 6 aromatic rings. The smallest absolute Gasteiger partial charge is 0.251 e. The van der Waals surface area contributed by atoms with Gasteiger partial charge < -0.3 is 15.7 Å². The van der Waals surface area contributed by atoms with Gasteiger partial charge in [0.05, 0.1) is 39.8 Å². The number of carbonyl (C=O) groups excluding carboxylic acids is 2. The summed E-state index contributed by atoms with van der Waals surface area (Å²) in [6.07, 6.45) is 0. The lowest BCUT2D eigenvalue weighted by molar-refractivity contribution is -0.123. The van der Waals surface area contributed by atoms with Crippen molar-refractivity contribution in [2.75, 3.05) is 13.2 Å². The first kappa shape index (κ1) is 37.2. The molecule has 0 fully saturated rings. The molecule has 0 aliphatic heterocycles. The number of fused-ring (bicyclic) bond motifs is 1. The Morgan fingerprint density at radius 3 is 2.35 bits per heavy atom. The van der Waals surface area contributed by atoms with Gasteiger partial charge in [-0.15, -0.1) is 22.7 Å². The van der Waals surface area contributed by atoms with Crippen LogP contribution in [0, 0.1) is 11.7 Å². The number of aliphatic hydroxyl groups is 1. The van der Waals surface area contributed by atoms with E-state index in [1.165, 1.54) is 28.7 Å². The molecule has 0 radical (unpaired) electrons. The van der Waals surface area contributed by atoms with Crippen LogP contribution in [0.5, 0.6) is 0 Å². The number of aromatic nitrogens is 1. The number of nitrogens with one attached hydrogen (secondary N) is 2. The summed E-state index contributed by atoms with van der Waals surface area (Å²) >= 11 is 2.88. The summed E-state index contributed by atoms with van der Waals surface area (Å²) in [6, 6.07) is 31.5. The van der Waals surface area contributed by atoms with Crippen LogP contribution >= 0.6 is 22.7 Å². The Bertz CT molecular complexity index is 2140. The number of thiazole rings is 1. The lowest BCUT2D eigenvalue weighted by Crippen LogP contribution is -2.50. The van der Waals surface area contributed by atoms with Crippen LogP contribution in [0.4, 0.5) is 4.39 Å². The van der Waals surface area contributed by atoms with E-state index in [1.54, 1.807) is 54.0 Å². The molecule has 268 valence electrons. The van der Waals surface area contributed by atoms with Crippen molar-refractivity contribution in [3.63, 3.8) is 0 Å². The number of hydrogen-bond acceptors (Lipinski definition) is 7. The monoisotopic (exact) mass is 754 g/mol. The molecule has 6 rings (SSSR count). The van der Waals surface area contributed by atoms with Crippen LogP contribution in [0.25, 0.3) is 10.2 Å². The van der Waals surface area contributed by atoms with Crippen LogP contribution in [0.1, 0.15) is 57.0 Å². The van der Waals surface area contributed by atoms with Gasteiger partial charge in [0.2, 0.25) is 5.91 Å². The highest BCUT2D eigenvalue weighted by Crippen LogP contribution is 2.34. The van der Waals surface area contributed by atoms with Gasteiger partial charge in [-0.25, -0.2) is 17.9 Å². The van der Waals surface area contributed by atoms with E-state index in [9.17, 15) is 18.9 Å². The van der Waals surface area contributed by atoms with E-state index in [-0.39, 0.29) is 24.6 Å². The Labute approximate surface area is 313 Å². The average molecular weight is 755 g/mol. The standard InChI is InChI=1S/C40H39FN4O4S3/c1-26(2)23-45(52(49)30-18-19-33-36(21-30)50-25-43-33)34(24-46)35-20-17-29(51-35)22-42-40(48)38(44-39(47)28-13-7-4-8-14-28)37(27-11-5-3-6-12-27)31-15-9-10-16-32(31)41/h3-21,25-26,34,37-38,46H,22-24H2,1-2H3,(H,42,48)(H,44,47). The number of benzene rings is 4. The molecule has 0 aliphatic rings. The van der Waals surface area contributed by atoms with Crippen molar-refractivity contribution in [1.82, 2.24) is 19.9 Å². The summed E-state index contributed by atoms with van der Waals surface area (Å²) < 4.78 is 32.2. The van der Waals surface area contributed by atoms with Crippen LogP contribution in [-0.2, 0) is 22.3 Å². The number of hydrogen-bond donors (Lipinski definition) is 3. The second-order valence-electron chi connectivity index (χ2n) is 12.7. The van der Waals surface area contributed by atoms with Crippen molar-refractivity contribution in [1.29, 1.82) is 0 Å². The lowest BCUT2D eigenvalue weighted by Gasteiger charge is -2.30. The van der Waals surface area contributed by atoms with Gasteiger partial charge in [-0.1, -0.05) is 80.6 Å². The molecular weight excluding hydrogens is 716 g/mol. The molecule has 4 atom stereocenters. The topological polar surface area (TPSA) is 112 Å². The van der Waals surface area contributed by atoms with Gasteiger partial charge in [-0.05, 0) is 65.6 Å². The quantitative estimate of drug-likeness (QED) is 0.101. The molecule has 2 aromatic heterocycles. The molecule has 4 unspecified atom stereocenters. The number of thiophene rings is 1. The summed E-state index contributed by atoms with van der Waals surface area (Å²) in [7, 11) is -1.57. The number of amides is 2. The maximum atomic E-state index is 15.4. The van der Waals surface area contributed by atoms with E-state index < -0.39 is 46.6 Å². The largest absolute Gasteiger partial charge is 0.394 e. The number of carbonyl (C=O) groups is 2. The fourth-order valence-electron chi connectivity index (χ4n) is 6.08. The molecule has 3 N–H and O–H groups in total. The first-order valence-electron chi connectivity index (χ1n) is 16.9. The third kappa shape index (κ3) is 8.71. The van der Waals surface area contributed by atoms with Gasteiger partial charge in [0.15, 0.2) is 0 Å². The van der Waals surface area contributed by atoms with E-state index in [4.69, 9.17) is 0 Å². The SMILES string of the molecule is CC(C)CN(C(CO)c1ccc(CNC(=O)C(NC(=O)c2ccccc2)C(c2ccccc2)c2ccccc2F)s1)S(=O)c1ccc2ncsc2c1. The zero-order valence-electron chi connectivity index (χ0n) is 28.6. The minimum atomic E-state index is -1.57. The Morgan fingerprint density at radius 2 is 1.63 bits per heavy atom. The Hall–Kier alpha value is -4.59. The van der Waals surface area contributed by atoms with Crippen LogP contribution in [-0.4, -0.2) is 49.6 Å². The molecule has 0 spiro atoms. The van der Waals surface area contributed by atoms with Gasteiger partial charge >= 0.3 is 0 Å². The van der Waals surface area contributed by atoms with E-state index in [0.717, 1.165) is 20.0 Å². The molecule has 2 heterocycles. The van der Waals surface area contributed by atoms with Crippen molar-refractivity contribution in [2.45, 2.75) is 43.3 Å². The zero-order chi connectivity index (χ0) is 36.6. The predicted molar refractivity (Wildman–Crippen MR) is 206 cm³/mol. The minimum Gasteiger partial charge on any atom is -0.394 e. The third-order valence-electron chi connectivity index (χ3n) is 8.57. The van der Waals surface area contributed by atoms with Gasteiger partial charge in [-0.3, -0.25) is 9.59 Å². The normalized spacial score (nSPS) is 13.9. The first-order valence-corrected chi connectivity index (χ1v) is 19.7. The van der Waals surface area contributed by atoms with Crippen LogP contribution in [0.3, 0.4) is 0 Å². The molecule has 12 heteroatoms. The van der Waals surface area contributed by atoms with E-state index in [2.05, 4.69) is 15.6 Å². The maximum Gasteiger partial charge on any atom is 0.251 e. The van der Waals surface area contributed by atoms with E-state index >= 15 is 4.39 Å². The molecular formula is C40H39FN4O4S3. The van der Waals surface area contributed by atoms with Crippen molar-refractivity contribution in [2.24, 2.45) is 5.92 Å². The molecule has 0 saturated carbocycles. The van der Waals surface area contributed by atoms with E-state index in [0.29, 0.717) is 22.6 Å². The Morgan fingerprint density at radius 1 is 0.923 bits per heavy atom. The van der Waals surface area contributed by atoms with Crippen molar-refractivity contribution < 1.29 is 23.3 Å². The average Bonchev–Trinajstić information content (AvgIpc) is 3.84. The van der Waals surface area contributed by atoms with Crippen LogP contribution in [0.2, 0.25) is 0 Å². The Kier molecular flexibility index (Phi) is 12.4. The molecule has 0 bridgehead atoms. The fraction of sp³-hybridized carbons (Fsp3) is 0.225. The highest BCUT2D eigenvalue weighted by molar-refractivity contribution is 7.82. The van der Waals surface area contributed by atoms with Crippen LogP contribution < -0.4 is 10.6 Å². The van der Waals surface area contributed by atoms with Crippen LogP contribution in [0.15, 0.2) is 126 Å². The number of aliphatic hydroxyl groups excluding tert-OH is 1. The summed E-state index contributed by atoms with van der Waals surface area (Å²) in [6.45, 7) is 4.41. The highest BCUT2D eigenvalue weighted by Gasteiger charge is 2.34. The number of nitrogens with zero attached hydrogens (tertiary/aromatic N) is 2. The first-order chi connectivity index (χ1) is 25.2. The molecule has 2 amide bonds. The van der Waals surface area contributed by atoms with Gasteiger partial charge in [0.1, 0.15) is 22.8 Å². The van der Waals surface area contributed by atoms with Gasteiger partial charge in [0, 0.05) is 27.8 Å². The van der Waals surface area contributed by atoms with E-state index in [1.807, 2.05) is 78.8 Å². The molecule has 52 heavy (non-hydrogen) atoms. The van der Waals surface area contributed by atoms with Crippen molar-refractivity contribution >= 4 is 55.7 Å². The van der Waals surface area contributed by atoms with Gasteiger partial charge in [0.25, 0.3) is 5.91 Å². The number of rotatable bonds is 15. The Balaban J connectivity index is 1.26. The summed E-state index contributed by atoms with van der Waals surface area (Å²) in [5.74, 6) is -2.11. The third-order valence-corrected chi connectivity index (χ3v) is 12.0.